The monoisotopic (exact) mass is 641 g/mol. The standard InChI is InChI=1S/C47H35N3/c48-31-39-15-10-16-41-40-26-25-38(29-42(40)47(45(39)41)27-8-3-9-28-47)34-19-23-36(24-20-34)44-30-43(49-46(50-44)37-13-6-2-7-14-37)35-21-17-33(18-22-35)32-11-4-1-5-12-32/h1-2,4-7,10-26,29-30H,3,8-9,27-28H2. The predicted molar refractivity (Wildman–Crippen MR) is 203 cm³/mol. The molecule has 50 heavy (non-hydrogen) atoms. The van der Waals surface area contributed by atoms with E-state index in [9.17, 15) is 5.26 Å². The average Bonchev–Trinajstić information content (AvgIpc) is 3.47. The van der Waals surface area contributed by atoms with Gasteiger partial charge in [-0.05, 0) is 75.5 Å². The second-order valence-corrected chi connectivity index (χ2v) is 13.6. The number of hydrogen-bond acceptors (Lipinski definition) is 3. The van der Waals surface area contributed by atoms with Crippen LogP contribution in [-0.2, 0) is 5.41 Å². The fourth-order valence-electron chi connectivity index (χ4n) is 8.31. The molecule has 238 valence electrons. The second-order valence-electron chi connectivity index (χ2n) is 13.6. The van der Waals surface area contributed by atoms with Crippen molar-refractivity contribution in [3.63, 3.8) is 0 Å². The molecule has 2 aliphatic rings. The first-order valence-corrected chi connectivity index (χ1v) is 17.6. The first-order valence-electron chi connectivity index (χ1n) is 17.6. The van der Waals surface area contributed by atoms with Crippen molar-refractivity contribution in [2.45, 2.75) is 37.5 Å². The van der Waals surface area contributed by atoms with Crippen LogP contribution in [0, 0.1) is 11.3 Å². The molecule has 9 rings (SSSR count). The Bertz CT molecular complexity index is 2380. The molecule has 0 unspecified atom stereocenters. The normalized spacial score (nSPS) is 14.1. The SMILES string of the molecule is N#Cc1cccc2c1C1(CCCCC1)c1cc(-c3ccc(-c4cc(-c5ccc(-c6ccccc6)cc5)nc(-c5ccccc5)n4)cc3)ccc1-2. The Labute approximate surface area is 293 Å². The molecule has 1 heterocycles. The van der Waals surface area contributed by atoms with Gasteiger partial charge in [0.2, 0.25) is 0 Å². The van der Waals surface area contributed by atoms with Crippen LogP contribution in [0.4, 0.5) is 0 Å². The minimum Gasteiger partial charge on any atom is -0.228 e. The maximum absolute atomic E-state index is 10.1. The van der Waals surface area contributed by atoms with Gasteiger partial charge in [0.05, 0.1) is 23.0 Å². The Morgan fingerprint density at radius 1 is 0.460 bits per heavy atom. The summed E-state index contributed by atoms with van der Waals surface area (Å²) in [6, 6.07) is 55.9. The van der Waals surface area contributed by atoms with E-state index >= 15 is 0 Å². The molecular weight excluding hydrogens is 607 g/mol. The van der Waals surface area contributed by atoms with E-state index in [0.29, 0.717) is 5.82 Å². The zero-order valence-corrected chi connectivity index (χ0v) is 27.8. The smallest absolute Gasteiger partial charge is 0.160 e. The van der Waals surface area contributed by atoms with E-state index in [1.165, 1.54) is 63.8 Å². The van der Waals surface area contributed by atoms with E-state index in [2.05, 4.69) is 121 Å². The third kappa shape index (κ3) is 5.13. The van der Waals surface area contributed by atoms with Crippen molar-refractivity contribution < 1.29 is 0 Å². The van der Waals surface area contributed by atoms with Crippen LogP contribution in [0.25, 0.3) is 67.3 Å². The summed E-state index contributed by atoms with van der Waals surface area (Å²) in [6.07, 6.45) is 5.85. The molecule has 3 heteroatoms. The van der Waals surface area contributed by atoms with Crippen molar-refractivity contribution in [2.75, 3.05) is 0 Å². The summed E-state index contributed by atoms with van der Waals surface area (Å²) in [6.45, 7) is 0. The van der Waals surface area contributed by atoms with Gasteiger partial charge in [-0.2, -0.15) is 5.26 Å². The summed E-state index contributed by atoms with van der Waals surface area (Å²) in [4.78, 5) is 10.1. The summed E-state index contributed by atoms with van der Waals surface area (Å²) in [7, 11) is 0. The van der Waals surface area contributed by atoms with Gasteiger partial charge in [-0.1, -0.05) is 153 Å². The highest BCUT2D eigenvalue weighted by atomic mass is 14.9. The molecular formula is C47H35N3. The van der Waals surface area contributed by atoms with E-state index in [-0.39, 0.29) is 5.41 Å². The lowest BCUT2D eigenvalue weighted by Gasteiger charge is -2.36. The zero-order valence-electron chi connectivity index (χ0n) is 27.8. The topological polar surface area (TPSA) is 49.6 Å². The molecule has 0 atom stereocenters. The van der Waals surface area contributed by atoms with Gasteiger partial charge in [-0.25, -0.2) is 9.97 Å². The van der Waals surface area contributed by atoms with Gasteiger partial charge >= 0.3 is 0 Å². The molecule has 0 amide bonds. The third-order valence-corrected chi connectivity index (χ3v) is 10.8. The van der Waals surface area contributed by atoms with E-state index in [1.807, 2.05) is 36.4 Å². The largest absolute Gasteiger partial charge is 0.228 e. The Hall–Kier alpha value is -6.11. The van der Waals surface area contributed by atoms with Crippen LogP contribution in [-0.4, -0.2) is 9.97 Å². The van der Waals surface area contributed by atoms with Crippen LogP contribution in [0.1, 0.15) is 48.8 Å². The van der Waals surface area contributed by atoms with Gasteiger partial charge in [-0.3, -0.25) is 0 Å². The van der Waals surface area contributed by atoms with Gasteiger partial charge in [0.15, 0.2) is 5.82 Å². The van der Waals surface area contributed by atoms with E-state index in [4.69, 9.17) is 9.97 Å². The molecule has 3 nitrogen and oxygen atoms in total. The highest BCUT2D eigenvalue weighted by Crippen LogP contribution is 2.57. The summed E-state index contributed by atoms with van der Waals surface area (Å²) in [5.74, 6) is 0.710. The van der Waals surface area contributed by atoms with Gasteiger partial charge in [-0.15, -0.1) is 0 Å². The molecule has 1 aromatic heterocycles. The zero-order chi connectivity index (χ0) is 33.5. The first-order chi connectivity index (χ1) is 24.7. The number of hydrogen-bond donors (Lipinski definition) is 0. The van der Waals surface area contributed by atoms with Gasteiger partial charge in [0.1, 0.15) is 0 Å². The Morgan fingerprint density at radius 3 is 1.62 bits per heavy atom. The van der Waals surface area contributed by atoms with Crippen LogP contribution >= 0.6 is 0 Å². The quantitative estimate of drug-likeness (QED) is 0.188. The molecule has 1 saturated carbocycles. The van der Waals surface area contributed by atoms with Crippen molar-refractivity contribution in [1.82, 2.24) is 9.97 Å². The summed E-state index contributed by atoms with van der Waals surface area (Å²) in [5.41, 5.74) is 15.6. The van der Waals surface area contributed by atoms with Crippen molar-refractivity contribution in [3.05, 3.63) is 168 Å². The number of nitriles is 1. The fraction of sp³-hybridized carbons (Fsp3) is 0.128. The number of aromatic nitrogens is 2. The molecule has 7 aromatic rings. The maximum atomic E-state index is 10.1. The Balaban J connectivity index is 1.09. The Kier molecular flexibility index (Phi) is 7.44. The lowest BCUT2D eigenvalue weighted by atomic mass is 9.66. The molecule has 0 radical (unpaired) electrons. The molecule has 1 fully saturated rings. The molecule has 0 bridgehead atoms. The maximum Gasteiger partial charge on any atom is 0.160 e. The number of rotatable bonds is 5. The Morgan fingerprint density at radius 2 is 1.00 bits per heavy atom. The number of nitrogens with zero attached hydrogens (tertiary/aromatic N) is 3. The predicted octanol–water partition coefficient (Wildman–Crippen LogP) is 11.9. The number of fused-ring (bicyclic) bond motifs is 5. The van der Waals surface area contributed by atoms with Gasteiger partial charge < -0.3 is 0 Å². The van der Waals surface area contributed by atoms with Crippen molar-refractivity contribution >= 4 is 0 Å². The molecule has 6 aromatic carbocycles. The summed E-state index contributed by atoms with van der Waals surface area (Å²) >= 11 is 0. The van der Waals surface area contributed by atoms with Crippen LogP contribution in [0.2, 0.25) is 0 Å². The van der Waals surface area contributed by atoms with Crippen molar-refractivity contribution in [2.24, 2.45) is 0 Å². The summed E-state index contributed by atoms with van der Waals surface area (Å²) in [5, 5.41) is 10.1. The molecule has 0 saturated heterocycles. The molecule has 0 aliphatic heterocycles. The van der Waals surface area contributed by atoms with Crippen LogP contribution < -0.4 is 0 Å². The average molecular weight is 642 g/mol. The first kappa shape index (κ1) is 30.0. The lowest BCUT2D eigenvalue weighted by molar-refractivity contribution is 0.352. The number of benzene rings is 6. The highest BCUT2D eigenvalue weighted by Gasteiger charge is 2.45. The lowest BCUT2D eigenvalue weighted by Crippen LogP contribution is -2.29. The van der Waals surface area contributed by atoms with Crippen LogP contribution in [0.3, 0.4) is 0 Å². The van der Waals surface area contributed by atoms with Crippen molar-refractivity contribution in [1.29, 1.82) is 5.26 Å². The van der Waals surface area contributed by atoms with Gasteiger partial charge in [0.25, 0.3) is 0 Å². The summed E-state index contributed by atoms with van der Waals surface area (Å²) < 4.78 is 0. The van der Waals surface area contributed by atoms with Gasteiger partial charge in [0, 0.05) is 22.1 Å². The highest BCUT2D eigenvalue weighted by molar-refractivity contribution is 5.86. The minimum absolute atomic E-state index is 0.0737. The molecule has 0 N–H and O–H groups in total. The second kappa shape index (κ2) is 12.4. The van der Waals surface area contributed by atoms with E-state index in [0.717, 1.165) is 46.5 Å². The third-order valence-electron chi connectivity index (χ3n) is 10.8. The van der Waals surface area contributed by atoms with Crippen molar-refractivity contribution in [3.8, 4) is 73.4 Å². The van der Waals surface area contributed by atoms with Crippen LogP contribution in [0.5, 0.6) is 0 Å². The fourth-order valence-corrected chi connectivity index (χ4v) is 8.31. The van der Waals surface area contributed by atoms with Crippen LogP contribution in [0.15, 0.2) is 152 Å². The van der Waals surface area contributed by atoms with E-state index < -0.39 is 0 Å². The molecule has 1 spiro atoms. The molecule has 2 aliphatic carbocycles. The minimum atomic E-state index is -0.0737. The van der Waals surface area contributed by atoms with E-state index in [1.54, 1.807) is 0 Å².